The maximum Gasteiger partial charge on any atom is 0.223 e. The highest BCUT2D eigenvalue weighted by atomic mass is 35.5. The lowest BCUT2D eigenvalue weighted by Crippen LogP contribution is -2.05. The van der Waals surface area contributed by atoms with Gasteiger partial charge in [-0.1, -0.05) is 23.3 Å². The fraction of sp³-hybridized carbons (Fsp3) is 0.417. The van der Waals surface area contributed by atoms with Crippen LogP contribution in [0.5, 0.6) is 0 Å². The molecule has 19 heavy (non-hydrogen) atoms. The molecule has 0 unspecified atom stereocenters. The summed E-state index contributed by atoms with van der Waals surface area (Å²) in [5.74, 6) is 0.150. The molecule has 0 atom stereocenters. The van der Waals surface area contributed by atoms with E-state index in [4.69, 9.17) is 22.1 Å². The molecule has 0 amide bonds. The zero-order valence-corrected chi connectivity index (χ0v) is 11.9. The van der Waals surface area contributed by atoms with E-state index in [1.165, 1.54) is 0 Å². The van der Waals surface area contributed by atoms with Crippen molar-refractivity contribution in [2.24, 2.45) is 0 Å². The third kappa shape index (κ3) is 2.85. The Hall–Kier alpha value is -1.66. The minimum atomic E-state index is 0.150. The Kier molecular flexibility index (Phi) is 4.01. The zero-order valence-electron chi connectivity index (χ0n) is 11.1. The van der Waals surface area contributed by atoms with Crippen LogP contribution in [-0.4, -0.2) is 33.5 Å². The van der Waals surface area contributed by atoms with Crippen LogP contribution in [0.2, 0.25) is 5.15 Å². The quantitative estimate of drug-likeness (QED) is 0.685. The van der Waals surface area contributed by atoms with Gasteiger partial charge in [0, 0.05) is 7.11 Å². The molecule has 0 spiro atoms. The molecule has 0 aliphatic rings. The van der Waals surface area contributed by atoms with Gasteiger partial charge in [-0.3, -0.25) is 0 Å². The van der Waals surface area contributed by atoms with Crippen molar-refractivity contribution in [3.8, 4) is 0 Å². The maximum atomic E-state index is 6.08. The number of fused-ring (bicyclic) bond motifs is 1. The smallest absolute Gasteiger partial charge is 0.223 e. The number of anilines is 1. The van der Waals surface area contributed by atoms with E-state index in [-0.39, 0.29) is 5.95 Å². The number of nitrogens with two attached hydrogens (primary N) is 1. The van der Waals surface area contributed by atoms with Crippen LogP contribution in [0.25, 0.3) is 11.0 Å². The summed E-state index contributed by atoms with van der Waals surface area (Å²) >= 11 is 6.08. The Bertz CT molecular complexity index is 635. The standard InChI is InChI=1S/C12H16ClN5O/c1-7(4-5-19-3)6-18-11-9(8(2)17-18)10(13)15-12(14)16-11/h4H,5-6H2,1-3H3,(H2,14,15,16)/b7-4+. The van der Waals surface area contributed by atoms with Gasteiger partial charge >= 0.3 is 0 Å². The number of halogens is 1. The average molecular weight is 282 g/mol. The number of aromatic nitrogens is 4. The van der Waals surface area contributed by atoms with Gasteiger partial charge in [-0.05, 0) is 13.8 Å². The second-order valence-electron chi connectivity index (χ2n) is 4.32. The molecular formula is C12H16ClN5O. The zero-order chi connectivity index (χ0) is 14.0. The summed E-state index contributed by atoms with van der Waals surface area (Å²) < 4.78 is 6.78. The van der Waals surface area contributed by atoms with E-state index in [1.807, 2.05) is 19.9 Å². The van der Waals surface area contributed by atoms with Crippen molar-refractivity contribution >= 4 is 28.6 Å². The molecule has 0 aliphatic carbocycles. The van der Waals surface area contributed by atoms with Crippen LogP contribution in [0.15, 0.2) is 11.6 Å². The first-order valence-electron chi connectivity index (χ1n) is 5.83. The molecule has 6 nitrogen and oxygen atoms in total. The summed E-state index contributed by atoms with van der Waals surface area (Å²) in [6.07, 6.45) is 2.00. The summed E-state index contributed by atoms with van der Waals surface area (Å²) in [5.41, 5.74) is 8.20. The molecule has 0 aliphatic heterocycles. The van der Waals surface area contributed by atoms with Gasteiger partial charge in [0.1, 0.15) is 5.15 Å². The molecule has 0 aromatic carbocycles. The topological polar surface area (TPSA) is 78.8 Å². The Morgan fingerprint density at radius 3 is 2.89 bits per heavy atom. The minimum absolute atomic E-state index is 0.150. The van der Waals surface area contributed by atoms with Gasteiger partial charge in [0.2, 0.25) is 5.95 Å². The first-order valence-corrected chi connectivity index (χ1v) is 6.21. The first kappa shape index (κ1) is 13.8. The van der Waals surface area contributed by atoms with Gasteiger partial charge < -0.3 is 10.5 Å². The highest BCUT2D eigenvalue weighted by Crippen LogP contribution is 2.24. The van der Waals surface area contributed by atoms with Crippen molar-refractivity contribution in [2.45, 2.75) is 20.4 Å². The van der Waals surface area contributed by atoms with Crippen LogP contribution in [0, 0.1) is 6.92 Å². The highest BCUT2D eigenvalue weighted by molar-refractivity contribution is 6.34. The Labute approximate surface area is 116 Å². The van der Waals surface area contributed by atoms with Crippen LogP contribution in [0.3, 0.4) is 0 Å². The van der Waals surface area contributed by atoms with Crippen LogP contribution in [0.1, 0.15) is 12.6 Å². The Balaban J connectivity index is 2.44. The Morgan fingerprint density at radius 2 is 2.21 bits per heavy atom. The third-order valence-corrected chi connectivity index (χ3v) is 3.01. The lowest BCUT2D eigenvalue weighted by atomic mass is 10.3. The molecule has 2 aromatic rings. The number of nitrogens with zero attached hydrogens (tertiary/aromatic N) is 4. The van der Waals surface area contributed by atoms with E-state index < -0.39 is 0 Å². The number of allylic oxidation sites excluding steroid dienone is 1. The fourth-order valence-corrected chi connectivity index (χ4v) is 2.16. The SMILES string of the molecule is COC/C=C(\C)Cn1nc(C)c2c(Cl)nc(N)nc21. The van der Waals surface area contributed by atoms with E-state index in [0.717, 1.165) is 16.7 Å². The molecule has 2 N–H and O–H groups in total. The summed E-state index contributed by atoms with van der Waals surface area (Å²) in [7, 11) is 1.66. The monoisotopic (exact) mass is 281 g/mol. The number of aryl methyl sites for hydroxylation is 1. The predicted molar refractivity (Wildman–Crippen MR) is 75.1 cm³/mol. The molecule has 0 saturated heterocycles. The summed E-state index contributed by atoms with van der Waals surface area (Å²) in [6, 6.07) is 0. The molecule has 0 radical (unpaired) electrons. The van der Waals surface area contributed by atoms with Crippen LogP contribution < -0.4 is 5.73 Å². The second-order valence-corrected chi connectivity index (χ2v) is 4.68. The van der Waals surface area contributed by atoms with Crippen molar-refractivity contribution in [1.29, 1.82) is 0 Å². The summed E-state index contributed by atoms with van der Waals surface area (Å²) in [5, 5.41) is 5.52. The minimum Gasteiger partial charge on any atom is -0.381 e. The lowest BCUT2D eigenvalue weighted by molar-refractivity contribution is 0.233. The van der Waals surface area contributed by atoms with Gasteiger partial charge in [-0.2, -0.15) is 10.1 Å². The Morgan fingerprint density at radius 1 is 1.47 bits per heavy atom. The van der Waals surface area contributed by atoms with Gasteiger partial charge in [-0.25, -0.2) is 9.67 Å². The van der Waals surface area contributed by atoms with Crippen LogP contribution in [-0.2, 0) is 11.3 Å². The van der Waals surface area contributed by atoms with Gasteiger partial charge in [0.05, 0.1) is 24.2 Å². The van der Waals surface area contributed by atoms with Crippen molar-refractivity contribution in [1.82, 2.24) is 19.7 Å². The van der Waals surface area contributed by atoms with Crippen molar-refractivity contribution in [2.75, 3.05) is 19.5 Å². The molecule has 2 aromatic heterocycles. The number of rotatable bonds is 4. The van der Waals surface area contributed by atoms with Gasteiger partial charge in [-0.15, -0.1) is 0 Å². The molecule has 0 saturated carbocycles. The summed E-state index contributed by atoms with van der Waals surface area (Å²) in [4.78, 5) is 8.16. The number of hydrogen-bond donors (Lipinski definition) is 1. The second kappa shape index (κ2) is 5.54. The number of ether oxygens (including phenoxy) is 1. The van der Waals surface area contributed by atoms with Crippen LogP contribution in [0.4, 0.5) is 5.95 Å². The molecule has 2 heterocycles. The maximum absolute atomic E-state index is 6.08. The van der Waals surface area contributed by atoms with Gasteiger partial charge in [0.15, 0.2) is 5.65 Å². The van der Waals surface area contributed by atoms with Crippen molar-refractivity contribution in [3.05, 3.63) is 22.5 Å². The first-order chi connectivity index (χ1) is 9.02. The molecule has 2 rings (SSSR count). The molecule has 0 fully saturated rings. The molecule has 7 heteroatoms. The van der Waals surface area contributed by atoms with E-state index in [2.05, 4.69) is 15.1 Å². The van der Waals surface area contributed by atoms with Crippen LogP contribution >= 0.6 is 11.6 Å². The molecule has 102 valence electrons. The highest BCUT2D eigenvalue weighted by Gasteiger charge is 2.14. The fourth-order valence-electron chi connectivity index (χ4n) is 1.85. The van der Waals surface area contributed by atoms with Crippen molar-refractivity contribution in [3.63, 3.8) is 0 Å². The van der Waals surface area contributed by atoms with E-state index in [0.29, 0.717) is 24.0 Å². The lowest BCUT2D eigenvalue weighted by Gasteiger charge is -2.04. The normalized spacial score (nSPS) is 12.3. The number of nitrogen functional groups attached to an aromatic ring is 1. The van der Waals surface area contributed by atoms with Gasteiger partial charge in [0.25, 0.3) is 0 Å². The largest absolute Gasteiger partial charge is 0.381 e. The molecule has 0 bridgehead atoms. The summed E-state index contributed by atoms with van der Waals surface area (Å²) in [6.45, 7) is 5.06. The van der Waals surface area contributed by atoms with E-state index in [1.54, 1.807) is 11.8 Å². The van der Waals surface area contributed by atoms with Crippen molar-refractivity contribution < 1.29 is 4.74 Å². The van der Waals surface area contributed by atoms with E-state index >= 15 is 0 Å². The molecular weight excluding hydrogens is 266 g/mol. The third-order valence-electron chi connectivity index (χ3n) is 2.74. The number of methoxy groups -OCH3 is 1. The van der Waals surface area contributed by atoms with E-state index in [9.17, 15) is 0 Å². The predicted octanol–water partition coefficient (Wildman–Crippen LogP) is 1.96. The average Bonchev–Trinajstić information content (AvgIpc) is 2.63. The number of hydrogen-bond acceptors (Lipinski definition) is 5.